The van der Waals surface area contributed by atoms with E-state index >= 15 is 0 Å². The average Bonchev–Trinajstić information content (AvgIpc) is 3.15. The van der Waals surface area contributed by atoms with Crippen LogP contribution in [0.3, 0.4) is 0 Å². The first-order valence-corrected chi connectivity index (χ1v) is 12.1. The lowest BCUT2D eigenvalue weighted by Gasteiger charge is -2.57. The van der Waals surface area contributed by atoms with Crippen LogP contribution >= 0.6 is 0 Å². The van der Waals surface area contributed by atoms with Gasteiger partial charge in [0, 0.05) is 17.0 Å². The maximum Gasteiger partial charge on any atom is 0.166 e. The summed E-state index contributed by atoms with van der Waals surface area (Å²) in [5.41, 5.74) is 5.39. The molecule has 32 heavy (non-hydrogen) atoms. The molecule has 0 radical (unpaired) electrons. The van der Waals surface area contributed by atoms with E-state index in [1.807, 2.05) is 0 Å². The van der Waals surface area contributed by atoms with Gasteiger partial charge in [-0.1, -0.05) is 36.4 Å². The molecule has 2 aliphatic heterocycles. The fraction of sp³-hybridized carbons (Fsp3) is 0.500. The van der Waals surface area contributed by atoms with Crippen molar-refractivity contribution in [2.75, 3.05) is 20.7 Å². The standard InChI is InChI=1S/C28H33NO3/c1-29-14-13-28-21-15-20(23(30)10-6-9-18-7-4-3-5-8-18)17-25(28)32-27-24(31-2)12-11-19(26(27)28)16-22(21)29/h3-5,7-8,11-12,17,21-23,25,30H,6,9-10,13-16H2,1-2H3/t21?,22?,23-,25?,28?/m0/s1. The van der Waals surface area contributed by atoms with Gasteiger partial charge in [0.2, 0.25) is 0 Å². The molecule has 0 amide bonds. The third kappa shape index (κ3) is 2.89. The Balaban J connectivity index is 1.31. The van der Waals surface area contributed by atoms with Gasteiger partial charge in [-0.25, -0.2) is 0 Å². The molecule has 2 aromatic rings. The molecule has 0 aromatic heterocycles. The number of nitrogens with zero attached hydrogens (tertiary/aromatic N) is 1. The maximum absolute atomic E-state index is 11.2. The van der Waals surface area contributed by atoms with Gasteiger partial charge in [0.25, 0.3) is 0 Å². The van der Waals surface area contributed by atoms with E-state index in [1.54, 1.807) is 7.11 Å². The minimum Gasteiger partial charge on any atom is -0.493 e. The van der Waals surface area contributed by atoms with Crippen LogP contribution in [-0.4, -0.2) is 49.0 Å². The molecule has 4 aliphatic rings. The second-order valence-electron chi connectivity index (χ2n) is 10.2. The fourth-order valence-electron chi connectivity index (χ4n) is 7.08. The second-order valence-corrected chi connectivity index (χ2v) is 10.2. The van der Waals surface area contributed by atoms with Crippen LogP contribution in [0, 0.1) is 5.92 Å². The van der Waals surface area contributed by atoms with E-state index in [-0.39, 0.29) is 11.5 Å². The van der Waals surface area contributed by atoms with Gasteiger partial charge in [0.05, 0.1) is 13.2 Å². The summed E-state index contributed by atoms with van der Waals surface area (Å²) >= 11 is 0. The molecule has 4 nitrogen and oxygen atoms in total. The lowest BCUT2D eigenvalue weighted by atomic mass is 9.52. The highest BCUT2D eigenvalue weighted by molar-refractivity contribution is 5.62. The van der Waals surface area contributed by atoms with Crippen molar-refractivity contribution in [3.63, 3.8) is 0 Å². The molecule has 1 fully saturated rings. The highest BCUT2D eigenvalue weighted by Gasteiger charge is 2.63. The number of likely N-dealkylation sites (tertiary alicyclic amines) is 1. The van der Waals surface area contributed by atoms with Crippen molar-refractivity contribution in [1.82, 2.24) is 4.90 Å². The van der Waals surface area contributed by atoms with Gasteiger partial charge in [-0.05, 0) is 86.9 Å². The van der Waals surface area contributed by atoms with E-state index in [2.05, 4.69) is 60.5 Å². The predicted molar refractivity (Wildman–Crippen MR) is 125 cm³/mol. The molecular formula is C28H33NO3. The monoisotopic (exact) mass is 431 g/mol. The molecule has 168 valence electrons. The van der Waals surface area contributed by atoms with Crippen LogP contribution in [0.2, 0.25) is 0 Å². The topological polar surface area (TPSA) is 41.9 Å². The van der Waals surface area contributed by atoms with E-state index < -0.39 is 6.10 Å². The van der Waals surface area contributed by atoms with E-state index in [1.165, 1.54) is 22.3 Å². The Morgan fingerprint density at radius 2 is 2.03 bits per heavy atom. The summed E-state index contributed by atoms with van der Waals surface area (Å²) in [6, 6.07) is 15.4. The predicted octanol–water partition coefficient (Wildman–Crippen LogP) is 4.28. The molecule has 5 atom stereocenters. The summed E-state index contributed by atoms with van der Waals surface area (Å²) < 4.78 is 12.4. The van der Waals surface area contributed by atoms with Crippen LogP contribution in [0.25, 0.3) is 0 Å². The van der Waals surface area contributed by atoms with Crippen LogP contribution in [0.4, 0.5) is 0 Å². The molecule has 1 saturated heterocycles. The van der Waals surface area contributed by atoms with Gasteiger partial charge in [0.1, 0.15) is 6.10 Å². The molecule has 4 unspecified atom stereocenters. The zero-order valence-corrected chi connectivity index (χ0v) is 19.1. The summed E-state index contributed by atoms with van der Waals surface area (Å²) in [6.45, 7) is 1.10. The van der Waals surface area contributed by atoms with Crippen LogP contribution in [0.15, 0.2) is 54.1 Å². The summed E-state index contributed by atoms with van der Waals surface area (Å²) in [6.07, 6.45) is 7.83. The lowest BCUT2D eigenvalue weighted by molar-refractivity contribution is -0.0109. The molecule has 2 aliphatic carbocycles. The van der Waals surface area contributed by atoms with Crippen molar-refractivity contribution in [2.45, 2.75) is 62.2 Å². The minimum absolute atomic E-state index is 0.00146. The Hall–Kier alpha value is -2.30. The summed E-state index contributed by atoms with van der Waals surface area (Å²) in [5, 5.41) is 11.2. The summed E-state index contributed by atoms with van der Waals surface area (Å²) in [4.78, 5) is 2.54. The first-order valence-electron chi connectivity index (χ1n) is 12.1. The number of benzene rings is 2. The van der Waals surface area contributed by atoms with E-state index in [0.717, 1.165) is 56.6 Å². The number of hydrogen-bond acceptors (Lipinski definition) is 4. The van der Waals surface area contributed by atoms with Gasteiger partial charge >= 0.3 is 0 Å². The number of likely N-dealkylation sites (N-methyl/N-ethyl adjacent to an activating group) is 1. The zero-order valence-electron chi connectivity index (χ0n) is 19.1. The molecule has 2 bridgehead atoms. The molecule has 1 spiro atoms. The lowest BCUT2D eigenvalue weighted by Crippen LogP contribution is -2.63. The van der Waals surface area contributed by atoms with Crippen LogP contribution < -0.4 is 9.47 Å². The number of methoxy groups -OCH3 is 1. The van der Waals surface area contributed by atoms with Crippen molar-refractivity contribution in [2.24, 2.45) is 5.92 Å². The van der Waals surface area contributed by atoms with Crippen molar-refractivity contribution in [3.05, 3.63) is 70.8 Å². The third-order valence-corrected chi connectivity index (χ3v) is 8.68. The number of aryl methyl sites for hydroxylation is 1. The number of aliphatic hydroxyl groups is 1. The minimum atomic E-state index is -0.391. The largest absolute Gasteiger partial charge is 0.493 e. The van der Waals surface area contributed by atoms with Gasteiger partial charge in [0.15, 0.2) is 11.5 Å². The van der Waals surface area contributed by atoms with Crippen molar-refractivity contribution >= 4 is 0 Å². The maximum atomic E-state index is 11.2. The smallest absolute Gasteiger partial charge is 0.166 e. The molecule has 4 heteroatoms. The first kappa shape index (κ1) is 20.3. The SMILES string of the molecule is COc1ccc2c3c1OC1C=C([C@@H](O)CCCc4ccccc4)CC4C(C2)N(C)CCC314. The van der Waals surface area contributed by atoms with Gasteiger partial charge in [-0.2, -0.15) is 0 Å². The van der Waals surface area contributed by atoms with Crippen molar-refractivity contribution in [1.29, 1.82) is 0 Å². The number of aliphatic hydroxyl groups excluding tert-OH is 1. The van der Waals surface area contributed by atoms with Gasteiger partial charge < -0.3 is 19.5 Å². The average molecular weight is 432 g/mol. The Morgan fingerprint density at radius 3 is 2.84 bits per heavy atom. The Labute approximate surface area is 190 Å². The highest BCUT2D eigenvalue weighted by atomic mass is 16.5. The Bertz CT molecular complexity index is 1050. The van der Waals surface area contributed by atoms with Crippen molar-refractivity contribution < 1.29 is 14.6 Å². The van der Waals surface area contributed by atoms with E-state index in [0.29, 0.717) is 12.0 Å². The Kier molecular flexibility index (Phi) is 4.85. The van der Waals surface area contributed by atoms with Gasteiger partial charge in [-0.15, -0.1) is 0 Å². The normalized spacial score (nSPS) is 30.8. The molecule has 6 rings (SSSR count). The number of ether oxygens (including phenoxy) is 2. The number of hydrogen-bond donors (Lipinski definition) is 1. The zero-order chi connectivity index (χ0) is 21.9. The number of rotatable bonds is 6. The van der Waals surface area contributed by atoms with Crippen molar-refractivity contribution in [3.8, 4) is 11.5 Å². The highest BCUT2D eigenvalue weighted by Crippen LogP contribution is 2.63. The second kappa shape index (κ2) is 7.64. The molecule has 2 aromatic carbocycles. The van der Waals surface area contributed by atoms with E-state index in [9.17, 15) is 5.11 Å². The summed E-state index contributed by atoms with van der Waals surface area (Å²) in [5.74, 6) is 2.29. The molecule has 0 saturated carbocycles. The quantitative estimate of drug-likeness (QED) is 0.693. The van der Waals surface area contributed by atoms with Gasteiger partial charge in [-0.3, -0.25) is 0 Å². The number of piperidine rings is 1. The van der Waals surface area contributed by atoms with E-state index in [4.69, 9.17) is 9.47 Å². The molecular weight excluding hydrogens is 398 g/mol. The third-order valence-electron chi connectivity index (χ3n) is 8.68. The first-order chi connectivity index (χ1) is 15.6. The molecule has 1 N–H and O–H groups in total. The van der Waals surface area contributed by atoms with Crippen LogP contribution in [0.5, 0.6) is 11.5 Å². The summed E-state index contributed by atoms with van der Waals surface area (Å²) in [7, 11) is 4.00. The Morgan fingerprint density at radius 1 is 1.19 bits per heavy atom. The molecule has 2 heterocycles. The fourth-order valence-corrected chi connectivity index (χ4v) is 7.08. The van der Waals surface area contributed by atoms with Crippen LogP contribution in [0.1, 0.15) is 42.4 Å². The van der Waals surface area contributed by atoms with Crippen LogP contribution in [-0.2, 0) is 18.3 Å².